The first-order chi connectivity index (χ1) is 7.22. The molecule has 16 heavy (non-hydrogen) atoms. The molecule has 6 heteroatoms. The third kappa shape index (κ3) is 6.58. The standard InChI is InChI=1S/C10H20F2N2O.ClH/c1-13-9-3-2-4-14(7-9)5-6-15-8-10(11)12;/h9-10,13H,2-8H2,1H3;1H. The molecule has 1 rings (SSSR count). The second-order valence-electron chi connectivity index (χ2n) is 3.89. The van der Waals surface area contributed by atoms with Gasteiger partial charge in [0.15, 0.2) is 0 Å². The van der Waals surface area contributed by atoms with Gasteiger partial charge in [0.05, 0.1) is 6.61 Å². The van der Waals surface area contributed by atoms with Crippen molar-refractivity contribution in [2.75, 3.05) is 39.9 Å². The molecule has 0 aromatic heterocycles. The fourth-order valence-corrected chi connectivity index (χ4v) is 1.86. The Kier molecular flexibility index (Phi) is 9.12. The van der Waals surface area contributed by atoms with Gasteiger partial charge in [-0.25, -0.2) is 8.78 Å². The van der Waals surface area contributed by atoms with Gasteiger partial charge in [-0.1, -0.05) is 0 Å². The summed E-state index contributed by atoms with van der Waals surface area (Å²) in [5.74, 6) is 0. The molecular formula is C10H21ClF2N2O. The number of nitrogens with one attached hydrogen (secondary N) is 1. The van der Waals surface area contributed by atoms with E-state index in [0.717, 1.165) is 19.6 Å². The number of ether oxygens (including phenoxy) is 1. The van der Waals surface area contributed by atoms with E-state index >= 15 is 0 Å². The highest BCUT2D eigenvalue weighted by atomic mass is 35.5. The van der Waals surface area contributed by atoms with Crippen molar-refractivity contribution in [1.82, 2.24) is 10.2 Å². The summed E-state index contributed by atoms with van der Waals surface area (Å²) in [6, 6.07) is 0.536. The highest BCUT2D eigenvalue weighted by Gasteiger charge is 2.17. The van der Waals surface area contributed by atoms with E-state index in [2.05, 4.69) is 10.2 Å². The van der Waals surface area contributed by atoms with Crippen molar-refractivity contribution >= 4 is 12.4 Å². The molecule has 0 amide bonds. The van der Waals surface area contributed by atoms with E-state index in [9.17, 15) is 8.78 Å². The van der Waals surface area contributed by atoms with Gasteiger partial charge in [0.1, 0.15) is 6.61 Å². The fraction of sp³-hybridized carbons (Fsp3) is 1.00. The minimum Gasteiger partial charge on any atom is -0.374 e. The molecule has 1 unspecified atom stereocenters. The van der Waals surface area contributed by atoms with Gasteiger partial charge in [-0.3, -0.25) is 4.90 Å². The number of hydrogen-bond acceptors (Lipinski definition) is 3. The average molecular weight is 259 g/mol. The van der Waals surface area contributed by atoms with Gasteiger partial charge in [0, 0.05) is 19.1 Å². The van der Waals surface area contributed by atoms with Crippen LogP contribution in [0.2, 0.25) is 0 Å². The summed E-state index contributed by atoms with van der Waals surface area (Å²) in [5.41, 5.74) is 0. The Bertz CT molecular complexity index is 175. The number of piperidine rings is 1. The molecule has 0 aromatic rings. The Balaban J connectivity index is 0.00000225. The number of likely N-dealkylation sites (tertiary alicyclic amines) is 1. The predicted molar refractivity (Wildman–Crippen MR) is 62.6 cm³/mol. The number of alkyl halides is 2. The van der Waals surface area contributed by atoms with Gasteiger partial charge in [-0.15, -0.1) is 12.4 Å². The molecule has 1 fully saturated rings. The first-order valence-electron chi connectivity index (χ1n) is 5.48. The number of hydrogen-bond donors (Lipinski definition) is 1. The van der Waals surface area contributed by atoms with Crippen molar-refractivity contribution in [2.24, 2.45) is 0 Å². The zero-order valence-electron chi connectivity index (χ0n) is 9.62. The zero-order chi connectivity index (χ0) is 11.1. The van der Waals surface area contributed by atoms with E-state index in [0.29, 0.717) is 12.6 Å². The van der Waals surface area contributed by atoms with Crippen LogP contribution < -0.4 is 5.32 Å². The molecule has 0 saturated carbocycles. The molecule has 1 heterocycles. The van der Waals surface area contributed by atoms with Crippen molar-refractivity contribution in [3.63, 3.8) is 0 Å². The summed E-state index contributed by atoms with van der Waals surface area (Å²) >= 11 is 0. The number of halogens is 3. The molecule has 1 N–H and O–H groups in total. The van der Waals surface area contributed by atoms with Crippen LogP contribution in [0.4, 0.5) is 8.78 Å². The average Bonchev–Trinajstić information content (AvgIpc) is 2.24. The SMILES string of the molecule is CNC1CCCN(CCOCC(F)F)C1.Cl. The third-order valence-corrected chi connectivity index (χ3v) is 2.71. The Morgan fingerprint density at radius 2 is 2.25 bits per heavy atom. The summed E-state index contributed by atoms with van der Waals surface area (Å²) in [5, 5.41) is 3.24. The van der Waals surface area contributed by atoms with Crippen LogP contribution in [0.3, 0.4) is 0 Å². The van der Waals surface area contributed by atoms with Gasteiger partial charge in [-0.05, 0) is 26.4 Å². The molecule has 0 radical (unpaired) electrons. The highest BCUT2D eigenvalue weighted by molar-refractivity contribution is 5.85. The second-order valence-corrected chi connectivity index (χ2v) is 3.89. The molecule has 0 spiro atoms. The maximum Gasteiger partial charge on any atom is 0.261 e. The highest BCUT2D eigenvalue weighted by Crippen LogP contribution is 2.09. The molecule has 3 nitrogen and oxygen atoms in total. The quantitative estimate of drug-likeness (QED) is 0.729. The van der Waals surface area contributed by atoms with Gasteiger partial charge < -0.3 is 10.1 Å². The molecule has 98 valence electrons. The smallest absolute Gasteiger partial charge is 0.261 e. The molecule has 1 aliphatic heterocycles. The van der Waals surface area contributed by atoms with Crippen molar-refractivity contribution in [3.8, 4) is 0 Å². The third-order valence-electron chi connectivity index (χ3n) is 2.71. The van der Waals surface area contributed by atoms with Crippen molar-refractivity contribution in [2.45, 2.75) is 25.3 Å². The van der Waals surface area contributed by atoms with Crippen molar-refractivity contribution < 1.29 is 13.5 Å². The lowest BCUT2D eigenvalue weighted by atomic mass is 10.1. The Hall–Kier alpha value is 0.0300. The monoisotopic (exact) mass is 258 g/mol. The Morgan fingerprint density at radius 3 is 2.88 bits per heavy atom. The summed E-state index contributed by atoms with van der Waals surface area (Å²) in [6.45, 7) is 2.76. The molecule has 1 atom stereocenters. The first kappa shape index (κ1) is 16.0. The Labute approximate surface area is 102 Å². The topological polar surface area (TPSA) is 24.5 Å². The van der Waals surface area contributed by atoms with Crippen LogP contribution in [0.15, 0.2) is 0 Å². The molecule has 0 aromatic carbocycles. The van der Waals surface area contributed by atoms with Crippen LogP contribution in [-0.2, 0) is 4.74 Å². The van der Waals surface area contributed by atoms with Crippen LogP contribution >= 0.6 is 12.4 Å². The number of rotatable bonds is 6. The lowest BCUT2D eigenvalue weighted by molar-refractivity contribution is 0.00730. The molecule has 1 saturated heterocycles. The first-order valence-corrected chi connectivity index (χ1v) is 5.48. The van der Waals surface area contributed by atoms with Crippen molar-refractivity contribution in [1.29, 1.82) is 0 Å². The largest absolute Gasteiger partial charge is 0.374 e. The van der Waals surface area contributed by atoms with E-state index in [1.165, 1.54) is 12.8 Å². The summed E-state index contributed by atoms with van der Waals surface area (Å²) in [6.07, 6.45) is 0.0158. The van der Waals surface area contributed by atoms with Crippen LogP contribution in [0.5, 0.6) is 0 Å². The van der Waals surface area contributed by atoms with E-state index in [1.54, 1.807) is 0 Å². The van der Waals surface area contributed by atoms with Crippen LogP contribution in [-0.4, -0.2) is 57.3 Å². The normalized spacial score (nSPS) is 22.1. The fourth-order valence-electron chi connectivity index (χ4n) is 1.86. The van der Waals surface area contributed by atoms with Gasteiger partial charge in [0.25, 0.3) is 6.43 Å². The van der Waals surface area contributed by atoms with Gasteiger partial charge >= 0.3 is 0 Å². The molecule has 0 bridgehead atoms. The molecular weight excluding hydrogens is 238 g/mol. The summed E-state index contributed by atoms with van der Waals surface area (Å²) in [4.78, 5) is 2.26. The molecule has 0 aliphatic carbocycles. The lowest BCUT2D eigenvalue weighted by Gasteiger charge is -2.32. The molecule has 1 aliphatic rings. The second kappa shape index (κ2) is 9.10. The maximum absolute atomic E-state index is 11.8. The summed E-state index contributed by atoms with van der Waals surface area (Å²) < 4.78 is 28.4. The lowest BCUT2D eigenvalue weighted by Crippen LogP contribution is -2.45. The number of likely N-dealkylation sites (N-methyl/N-ethyl adjacent to an activating group) is 1. The van der Waals surface area contributed by atoms with E-state index in [4.69, 9.17) is 4.74 Å². The maximum atomic E-state index is 11.8. The van der Waals surface area contributed by atoms with Gasteiger partial charge in [0.2, 0.25) is 0 Å². The minimum atomic E-state index is -2.35. The van der Waals surface area contributed by atoms with Gasteiger partial charge in [-0.2, -0.15) is 0 Å². The van der Waals surface area contributed by atoms with Crippen LogP contribution in [0.25, 0.3) is 0 Å². The Morgan fingerprint density at radius 1 is 1.50 bits per heavy atom. The zero-order valence-corrected chi connectivity index (χ0v) is 10.4. The van der Waals surface area contributed by atoms with E-state index in [1.807, 2.05) is 7.05 Å². The van der Waals surface area contributed by atoms with Crippen LogP contribution in [0.1, 0.15) is 12.8 Å². The minimum absolute atomic E-state index is 0. The number of nitrogens with zero attached hydrogens (tertiary/aromatic N) is 1. The van der Waals surface area contributed by atoms with E-state index < -0.39 is 13.0 Å². The summed E-state index contributed by atoms with van der Waals surface area (Å²) in [7, 11) is 1.96. The van der Waals surface area contributed by atoms with Crippen molar-refractivity contribution in [3.05, 3.63) is 0 Å². The van der Waals surface area contributed by atoms with Crippen LogP contribution in [0, 0.1) is 0 Å². The van der Waals surface area contributed by atoms with E-state index in [-0.39, 0.29) is 12.4 Å². The predicted octanol–water partition coefficient (Wildman–Crippen LogP) is 1.37.